The van der Waals surface area contributed by atoms with Gasteiger partial charge >= 0.3 is 0 Å². The van der Waals surface area contributed by atoms with E-state index in [2.05, 4.69) is 0 Å². The lowest BCUT2D eigenvalue weighted by atomic mass is 9.94. The Kier molecular flexibility index (Phi) is 4.61. The summed E-state index contributed by atoms with van der Waals surface area (Å²) in [6, 6.07) is 3.84. The van der Waals surface area contributed by atoms with Crippen molar-refractivity contribution in [2.24, 2.45) is 5.92 Å². The first-order valence-electron chi connectivity index (χ1n) is 7.87. The smallest absolute Gasteiger partial charge is 0.254 e. The number of hydrogen-bond donors (Lipinski definition) is 0. The molecule has 124 valence electrons. The lowest BCUT2D eigenvalue weighted by molar-refractivity contribution is -0.124. The number of carbonyl (C=O) groups excluding carboxylic acids is 2. The molecule has 6 heteroatoms. The largest absolute Gasteiger partial charge is 0.494 e. The number of carbonyl (C=O) groups is 2. The van der Waals surface area contributed by atoms with Gasteiger partial charge in [-0.15, -0.1) is 0 Å². The molecule has 0 bridgehead atoms. The van der Waals surface area contributed by atoms with Gasteiger partial charge < -0.3 is 14.4 Å². The van der Waals surface area contributed by atoms with Gasteiger partial charge in [0.2, 0.25) is 0 Å². The zero-order chi connectivity index (χ0) is 16.4. The molecule has 2 atom stereocenters. The maximum Gasteiger partial charge on any atom is 0.254 e. The molecule has 5 nitrogen and oxygen atoms in total. The Hall–Kier alpha value is -1.95. The van der Waals surface area contributed by atoms with Crippen molar-refractivity contribution in [3.8, 4) is 5.75 Å². The number of halogens is 1. The van der Waals surface area contributed by atoms with Crippen LogP contribution < -0.4 is 4.74 Å². The van der Waals surface area contributed by atoms with Gasteiger partial charge in [0.25, 0.3) is 5.91 Å². The van der Waals surface area contributed by atoms with E-state index < -0.39 is 5.82 Å². The number of methoxy groups -OCH3 is 1. The van der Waals surface area contributed by atoms with Crippen LogP contribution in [0.4, 0.5) is 4.39 Å². The van der Waals surface area contributed by atoms with E-state index in [4.69, 9.17) is 9.47 Å². The first kappa shape index (κ1) is 15.9. The van der Waals surface area contributed by atoms with Gasteiger partial charge in [-0.2, -0.15) is 0 Å². The van der Waals surface area contributed by atoms with Gasteiger partial charge in [-0.05, 0) is 31.0 Å². The van der Waals surface area contributed by atoms with Gasteiger partial charge in [-0.3, -0.25) is 9.59 Å². The van der Waals surface area contributed by atoms with Crippen LogP contribution in [0.2, 0.25) is 0 Å². The number of ether oxygens (including phenoxy) is 2. The lowest BCUT2D eigenvalue weighted by Gasteiger charge is -2.38. The van der Waals surface area contributed by atoms with E-state index in [9.17, 15) is 14.0 Å². The zero-order valence-electron chi connectivity index (χ0n) is 13.1. The van der Waals surface area contributed by atoms with Crippen LogP contribution >= 0.6 is 0 Å². The molecule has 1 heterocycles. The third-order valence-corrected chi connectivity index (χ3v) is 4.64. The van der Waals surface area contributed by atoms with Crippen LogP contribution in [0.5, 0.6) is 5.75 Å². The molecule has 1 saturated heterocycles. The molecule has 1 aromatic rings. The monoisotopic (exact) mass is 321 g/mol. The van der Waals surface area contributed by atoms with E-state index in [1.165, 1.54) is 25.3 Å². The molecule has 2 aliphatic rings. The third kappa shape index (κ3) is 3.08. The third-order valence-electron chi connectivity index (χ3n) is 4.64. The average molecular weight is 321 g/mol. The summed E-state index contributed by atoms with van der Waals surface area (Å²) < 4.78 is 24.0. The molecule has 2 fully saturated rings. The van der Waals surface area contributed by atoms with Crippen molar-refractivity contribution >= 4 is 11.7 Å². The van der Waals surface area contributed by atoms with Crippen molar-refractivity contribution in [1.82, 2.24) is 4.90 Å². The molecule has 1 saturated carbocycles. The van der Waals surface area contributed by atoms with Crippen molar-refractivity contribution in [3.63, 3.8) is 0 Å². The highest BCUT2D eigenvalue weighted by Gasteiger charge is 2.39. The second kappa shape index (κ2) is 6.66. The van der Waals surface area contributed by atoms with Crippen LogP contribution in [-0.4, -0.2) is 49.5 Å². The number of morpholine rings is 1. The minimum Gasteiger partial charge on any atom is -0.494 e. The van der Waals surface area contributed by atoms with Crippen LogP contribution in [0.3, 0.4) is 0 Å². The summed E-state index contributed by atoms with van der Waals surface area (Å²) in [5.41, 5.74) is 0.362. The predicted molar refractivity (Wildman–Crippen MR) is 80.9 cm³/mol. The normalized spacial score (nSPS) is 24.8. The number of hydrogen-bond acceptors (Lipinski definition) is 4. The molecular formula is C17H20FNO4. The topological polar surface area (TPSA) is 55.8 Å². The Morgan fingerprint density at radius 1 is 1.43 bits per heavy atom. The molecule has 1 aliphatic carbocycles. The SMILES string of the molecule is COc1cc(C(=O)N2CCOCC2C2CCCC2=O)ccc1F. The number of benzene rings is 1. The van der Waals surface area contributed by atoms with Crippen molar-refractivity contribution in [1.29, 1.82) is 0 Å². The molecule has 1 aromatic carbocycles. The first-order valence-corrected chi connectivity index (χ1v) is 7.87. The van der Waals surface area contributed by atoms with Crippen LogP contribution in [0.25, 0.3) is 0 Å². The predicted octanol–water partition coefficient (Wildman–Crippen LogP) is 2.04. The first-order chi connectivity index (χ1) is 11.1. The second-order valence-corrected chi connectivity index (χ2v) is 5.96. The zero-order valence-corrected chi connectivity index (χ0v) is 13.1. The Morgan fingerprint density at radius 2 is 2.26 bits per heavy atom. The van der Waals surface area contributed by atoms with Gasteiger partial charge in [-0.25, -0.2) is 4.39 Å². The summed E-state index contributed by atoms with van der Waals surface area (Å²) in [4.78, 5) is 26.6. The van der Waals surface area contributed by atoms with Crippen molar-refractivity contribution in [2.45, 2.75) is 25.3 Å². The summed E-state index contributed by atoms with van der Waals surface area (Å²) >= 11 is 0. The quantitative estimate of drug-likeness (QED) is 0.855. The molecule has 0 spiro atoms. The van der Waals surface area contributed by atoms with Gasteiger partial charge in [0.15, 0.2) is 11.6 Å². The fourth-order valence-electron chi connectivity index (χ4n) is 3.42. The molecule has 1 amide bonds. The number of ketones is 1. The highest BCUT2D eigenvalue weighted by molar-refractivity contribution is 5.95. The van der Waals surface area contributed by atoms with Gasteiger partial charge in [0, 0.05) is 24.4 Å². The number of nitrogens with zero attached hydrogens (tertiary/aromatic N) is 1. The van der Waals surface area contributed by atoms with Gasteiger partial charge in [-0.1, -0.05) is 0 Å². The summed E-state index contributed by atoms with van der Waals surface area (Å²) in [7, 11) is 1.36. The second-order valence-electron chi connectivity index (χ2n) is 5.96. The highest BCUT2D eigenvalue weighted by atomic mass is 19.1. The lowest BCUT2D eigenvalue weighted by Crippen LogP contribution is -2.53. The fourth-order valence-corrected chi connectivity index (χ4v) is 3.42. The van der Waals surface area contributed by atoms with Crippen molar-refractivity contribution in [3.05, 3.63) is 29.6 Å². The van der Waals surface area contributed by atoms with Crippen LogP contribution in [0, 0.1) is 11.7 Å². The number of amides is 1. The van der Waals surface area contributed by atoms with E-state index in [0.29, 0.717) is 31.7 Å². The minimum absolute atomic E-state index is 0.0394. The molecule has 3 rings (SSSR count). The molecule has 0 radical (unpaired) electrons. The summed E-state index contributed by atoms with van der Waals surface area (Å²) in [6.07, 6.45) is 2.24. The van der Waals surface area contributed by atoms with Crippen LogP contribution in [0.1, 0.15) is 29.6 Å². The Bertz CT molecular complexity index is 619. The Morgan fingerprint density at radius 3 is 2.96 bits per heavy atom. The molecule has 2 unspecified atom stereocenters. The Balaban J connectivity index is 1.85. The minimum atomic E-state index is -0.506. The molecule has 0 aromatic heterocycles. The van der Waals surface area contributed by atoms with Crippen molar-refractivity contribution < 1.29 is 23.5 Å². The molecular weight excluding hydrogens is 301 g/mol. The van der Waals surface area contributed by atoms with E-state index >= 15 is 0 Å². The maximum absolute atomic E-state index is 13.5. The average Bonchev–Trinajstić information content (AvgIpc) is 3.00. The van der Waals surface area contributed by atoms with E-state index in [1.54, 1.807) is 4.90 Å². The van der Waals surface area contributed by atoms with Crippen molar-refractivity contribution in [2.75, 3.05) is 26.9 Å². The molecule has 1 aliphatic heterocycles. The summed E-state index contributed by atoms with van der Waals surface area (Å²) in [5, 5.41) is 0. The van der Waals surface area contributed by atoms with E-state index in [1.807, 2.05) is 0 Å². The van der Waals surface area contributed by atoms with Gasteiger partial charge in [0.1, 0.15) is 5.78 Å². The highest BCUT2D eigenvalue weighted by Crippen LogP contribution is 2.30. The fraction of sp³-hybridized carbons (Fsp3) is 0.529. The maximum atomic E-state index is 13.5. The van der Waals surface area contributed by atoms with Gasteiger partial charge in [0.05, 0.1) is 26.4 Å². The Labute approximate surface area is 134 Å². The van der Waals surface area contributed by atoms with E-state index in [-0.39, 0.29) is 29.4 Å². The molecule has 0 N–H and O–H groups in total. The number of rotatable bonds is 3. The van der Waals surface area contributed by atoms with E-state index in [0.717, 1.165) is 12.8 Å². The van der Waals surface area contributed by atoms with Crippen LogP contribution in [0.15, 0.2) is 18.2 Å². The summed E-state index contributed by atoms with van der Waals surface area (Å²) in [5.74, 6) is -0.626. The number of Topliss-reactive ketones (excluding diaryl/α,β-unsaturated/α-hetero) is 1. The van der Waals surface area contributed by atoms with Crippen LogP contribution in [-0.2, 0) is 9.53 Å². The standard InChI is InChI=1S/C17H20FNO4/c1-22-16-9-11(5-6-13(16)18)17(21)19-7-8-23-10-14(19)12-3-2-4-15(12)20/h5-6,9,12,14H,2-4,7-8,10H2,1H3. The molecule has 23 heavy (non-hydrogen) atoms. The summed E-state index contributed by atoms with van der Waals surface area (Å²) in [6.45, 7) is 1.26.